The third-order valence-electron chi connectivity index (χ3n) is 4.17. The van der Waals surface area contributed by atoms with Gasteiger partial charge in [0.2, 0.25) is 0 Å². The monoisotopic (exact) mass is 375 g/mol. The van der Waals surface area contributed by atoms with Crippen LogP contribution < -0.4 is 10.5 Å². The minimum absolute atomic E-state index is 0. The Morgan fingerprint density at radius 3 is 2.17 bits per heavy atom. The van der Waals surface area contributed by atoms with E-state index >= 15 is 0 Å². The van der Waals surface area contributed by atoms with Gasteiger partial charge >= 0.3 is 0 Å². The highest BCUT2D eigenvalue weighted by molar-refractivity contribution is 6.32. The second-order valence-electron chi connectivity index (χ2n) is 8.37. The zero-order valence-electron chi connectivity index (χ0n) is 16.3. The third kappa shape index (κ3) is 6.82. The summed E-state index contributed by atoms with van der Waals surface area (Å²) in [6, 6.07) is 4.45. The van der Waals surface area contributed by atoms with E-state index < -0.39 is 0 Å². The molecule has 0 spiro atoms. The minimum Gasteiger partial charge on any atom is -0.492 e. The van der Waals surface area contributed by atoms with E-state index in [1.807, 2.05) is 6.92 Å². The van der Waals surface area contributed by atoms with Gasteiger partial charge in [-0.15, -0.1) is 12.4 Å². The number of halogens is 2. The first-order valence-corrected chi connectivity index (χ1v) is 9.09. The predicted molar refractivity (Wildman–Crippen MR) is 109 cm³/mol. The van der Waals surface area contributed by atoms with Crippen LogP contribution in [0.25, 0.3) is 0 Å². The van der Waals surface area contributed by atoms with Crippen molar-refractivity contribution in [1.29, 1.82) is 0 Å². The summed E-state index contributed by atoms with van der Waals surface area (Å²) >= 11 is 6.55. The van der Waals surface area contributed by atoms with Crippen molar-refractivity contribution >= 4 is 24.0 Å². The summed E-state index contributed by atoms with van der Waals surface area (Å²) in [4.78, 5) is 0. The minimum atomic E-state index is 0. The highest BCUT2D eigenvalue weighted by Gasteiger charge is 2.29. The maximum Gasteiger partial charge on any atom is 0.141 e. The number of rotatable bonds is 7. The van der Waals surface area contributed by atoms with Gasteiger partial charge in [0, 0.05) is 6.04 Å². The van der Waals surface area contributed by atoms with Crippen LogP contribution >= 0.6 is 24.0 Å². The standard InChI is InChI=1S/C20H34ClNO.ClH/c1-8-16(22)11-14-10-15(12-17(21)18(14)23-9-2)20(6,7)13-19(3,4)5;/h10,12,16H,8-9,11,13,22H2,1-7H3;1H. The SMILES string of the molecule is CCOc1c(Cl)cc(C(C)(C)CC(C)(C)C)cc1CC(N)CC.Cl. The fourth-order valence-electron chi connectivity index (χ4n) is 3.35. The van der Waals surface area contributed by atoms with E-state index in [1.165, 1.54) is 5.56 Å². The van der Waals surface area contributed by atoms with Crippen molar-refractivity contribution in [2.75, 3.05) is 6.61 Å². The Hall–Kier alpha value is -0.440. The van der Waals surface area contributed by atoms with Crippen LogP contribution in [0.1, 0.15) is 72.4 Å². The fraction of sp³-hybridized carbons (Fsp3) is 0.700. The van der Waals surface area contributed by atoms with Crippen molar-refractivity contribution in [3.05, 3.63) is 28.3 Å². The van der Waals surface area contributed by atoms with Gasteiger partial charge in [0.15, 0.2) is 0 Å². The van der Waals surface area contributed by atoms with Gasteiger partial charge in [0.25, 0.3) is 0 Å². The summed E-state index contributed by atoms with van der Waals surface area (Å²) in [7, 11) is 0. The lowest BCUT2D eigenvalue weighted by molar-refractivity contribution is 0.283. The molecule has 2 N–H and O–H groups in total. The Bertz CT molecular complexity index is 521. The fourth-order valence-corrected chi connectivity index (χ4v) is 3.65. The number of nitrogens with two attached hydrogens (primary N) is 1. The molecule has 1 aromatic rings. The van der Waals surface area contributed by atoms with Crippen LogP contribution in [0, 0.1) is 5.41 Å². The Labute approximate surface area is 159 Å². The summed E-state index contributed by atoms with van der Waals surface area (Å²) in [6.07, 6.45) is 2.83. The van der Waals surface area contributed by atoms with Crippen LogP contribution in [0.3, 0.4) is 0 Å². The van der Waals surface area contributed by atoms with E-state index in [1.54, 1.807) is 0 Å². The number of hydrogen-bond donors (Lipinski definition) is 1. The molecule has 0 saturated carbocycles. The number of ether oxygens (including phenoxy) is 1. The Balaban J connectivity index is 0.00000529. The van der Waals surface area contributed by atoms with Crippen molar-refractivity contribution < 1.29 is 4.74 Å². The van der Waals surface area contributed by atoms with Crippen molar-refractivity contribution in [3.8, 4) is 5.75 Å². The van der Waals surface area contributed by atoms with Crippen molar-refractivity contribution in [2.24, 2.45) is 11.1 Å². The summed E-state index contributed by atoms with van der Waals surface area (Å²) in [6.45, 7) is 16.1. The van der Waals surface area contributed by atoms with E-state index in [2.05, 4.69) is 53.7 Å². The van der Waals surface area contributed by atoms with Gasteiger partial charge in [-0.1, -0.05) is 59.2 Å². The van der Waals surface area contributed by atoms with Crippen LogP contribution in [0.5, 0.6) is 5.75 Å². The molecule has 1 unspecified atom stereocenters. The second-order valence-corrected chi connectivity index (χ2v) is 8.78. The first-order chi connectivity index (χ1) is 10.5. The normalized spacial score (nSPS) is 13.4. The Kier molecular flexibility index (Phi) is 9.14. The van der Waals surface area contributed by atoms with E-state index in [-0.39, 0.29) is 29.3 Å². The van der Waals surface area contributed by atoms with Crippen LogP contribution in [0.15, 0.2) is 12.1 Å². The summed E-state index contributed by atoms with van der Waals surface area (Å²) in [5.41, 5.74) is 8.89. The number of benzene rings is 1. The lowest BCUT2D eigenvalue weighted by atomic mass is 9.72. The highest BCUT2D eigenvalue weighted by Crippen LogP contribution is 2.40. The molecule has 0 aliphatic heterocycles. The molecule has 140 valence electrons. The smallest absolute Gasteiger partial charge is 0.141 e. The molecule has 0 bridgehead atoms. The molecule has 0 amide bonds. The molecule has 2 nitrogen and oxygen atoms in total. The van der Waals surface area contributed by atoms with Gasteiger partial charge in [-0.05, 0) is 54.2 Å². The zero-order valence-corrected chi connectivity index (χ0v) is 17.9. The van der Waals surface area contributed by atoms with Crippen LogP contribution in [-0.2, 0) is 11.8 Å². The molecule has 0 aliphatic rings. The van der Waals surface area contributed by atoms with Crippen molar-refractivity contribution in [3.63, 3.8) is 0 Å². The maximum atomic E-state index is 6.55. The third-order valence-corrected chi connectivity index (χ3v) is 4.45. The lowest BCUT2D eigenvalue weighted by Gasteiger charge is -2.34. The molecule has 1 atom stereocenters. The maximum absolute atomic E-state index is 6.55. The first-order valence-electron chi connectivity index (χ1n) is 8.71. The van der Waals surface area contributed by atoms with E-state index in [0.717, 1.165) is 30.6 Å². The van der Waals surface area contributed by atoms with E-state index in [0.29, 0.717) is 11.6 Å². The average molecular weight is 376 g/mol. The molecular formula is C20H35Cl2NO. The molecule has 0 saturated heterocycles. The van der Waals surface area contributed by atoms with Gasteiger partial charge < -0.3 is 10.5 Å². The molecule has 0 heterocycles. The van der Waals surface area contributed by atoms with Gasteiger partial charge in [0.05, 0.1) is 11.6 Å². The molecule has 0 radical (unpaired) electrons. The molecule has 0 aromatic heterocycles. The van der Waals surface area contributed by atoms with Crippen molar-refractivity contribution in [1.82, 2.24) is 0 Å². The average Bonchev–Trinajstić information content (AvgIpc) is 2.39. The van der Waals surface area contributed by atoms with E-state index in [9.17, 15) is 0 Å². The highest BCUT2D eigenvalue weighted by atomic mass is 35.5. The second kappa shape index (κ2) is 9.31. The summed E-state index contributed by atoms with van der Waals surface area (Å²) < 4.78 is 5.79. The van der Waals surface area contributed by atoms with Gasteiger partial charge in [0.1, 0.15) is 5.75 Å². The van der Waals surface area contributed by atoms with Crippen molar-refractivity contribution in [2.45, 2.75) is 79.2 Å². The van der Waals surface area contributed by atoms with Gasteiger partial charge in [-0.2, -0.15) is 0 Å². The number of hydrogen-bond acceptors (Lipinski definition) is 2. The predicted octanol–water partition coefficient (Wildman–Crippen LogP) is 6.15. The first kappa shape index (κ1) is 23.6. The van der Waals surface area contributed by atoms with Crippen LogP contribution in [-0.4, -0.2) is 12.6 Å². The zero-order chi connectivity index (χ0) is 17.8. The molecule has 1 rings (SSSR count). The molecule has 24 heavy (non-hydrogen) atoms. The van der Waals surface area contributed by atoms with Gasteiger partial charge in [-0.3, -0.25) is 0 Å². The van der Waals surface area contributed by atoms with E-state index in [4.69, 9.17) is 22.1 Å². The molecule has 1 aromatic carbocycles. The Morgan fingerprint density at radius 2 is 1.71 bits per heavy atom. The largest absolute Gasteiger partial charge is 0.492 e. The van der Waals surface area contributed by atoms with Gasteiger partial charge in [-0.25, -0.2) is 0 Å². The quantitative estimate of drug-likeness (QED) is 0.619. The molecule has 0 aliphatic carbocycles. The molecule has 0 fully saturated rings. The lowest BCUT2D eigenvalue weighted by Crippen LogP contribution is -2.26. The van der Waals surface area contributed by atoms with Crippen LogP contribution in [0.4, 0.5) is 0 Å². The Morgan fingerprint density at radius 1 is 1.12 bits per heavy atom. The summed E-state index contributed by atoms with van der Waals surface area (Å²) in [5, 5.41) is 0.699. The molecular weight excluding hydrogens is 341 g/mol. The summed E-state index contributed by atoms with van der Waals surface area (Å²) in [5.74, 6) is 0.799. The molecule has 4 heteroatoms. The van der Waals surface area contributed by atoms with Crippen LogP contribution in [0.2, 0.25) is 5.02 Å². The topological polar surface area (TPSA) is 35.2 Å².